The SMILES string of the molecule is CN(C)C[C@H]1CN(C[C@@H](O)c2cccc(F)c2)CCO1. The van der Waals surface area contributed by atoms with Crippen molar-refractivity contribution in [1.29, 1.82) is 0 Å². The molecule has 20 heavy (non-hydrogen) atoms. The Morgan fingerprint density at radius 2 is 2.30 bits per heavy atom. The van der Waals surface area contributed by atoms with Gasteiger partial charge >= 0.3 is 0 Å². The Kier molecular flexibility index (Phi) is 5.48. The van der Waals surface area contributed by atoms with Crippen LogP contribution in [-0.2, 0) is 4.74 Å². The molecule has 1 aliphatic heterocycles. The van der Waals surface area contributed by atoms with Crippen molar-refractivity contribution in [1.82, 2.24) is 9.80 Å². The minimum absolute atomic E-state index is 0.165. The Labute approximate surface area is 119 Å². The van der Waals surface area contributed by atoms with Crippen LogP contribution in [0.25, 0.3) is 0 Å². The number of rotatable bonds is 5. The van der Waals surface area contributed by atoms with Crippen molar-refractivity contribution < 1.29 is 14.2 Å². The van der Waals surface area contributed by atoms with Crippen LogP contribution in [0.2, 0.25) is 0 Å². The Morgan fingerprint density at radius 1 is 1.50 bits per heavy atom. The fourth-order valence-corrected chi connectivity index (χ4v) is 2.53. The van der Waals surface area contributed by atoms with E-state index in [9.17, 15) is 9.50 Å². The zero-order valence-electron chi connectivity index (χ0n) is 12.1. The van der Waals surface area contributed by atoms with E-state index in [0.717, 1.165) is 19.6 Å². The fraction of sp³-hybridized carbons (Fsp3) is 0.600. The summed E-state index contributed by atoms with van der Waals surface area (Å²) < 4.78 is 18.9. The van der Waals surface area contributed by atoms with Gasteiger partial charge in [0.15, 0.2) is 0 Å². The molecule has 0 saturated carbocycles. The van der Waals surface area contributed by atoms with Crippen LogP contribution < -0.4 is 0 Å². The molecule has 0 amide bonds. The van der Waals surface area contributed by atoms with Crippen LogP contribution in [0.1, 0.15) is 11.7 Å². The maximum atomic E-state index is 13.2. The number of nitrogens with zero attached hydrogens (tertiary/aromatic N) is 2. The van der Waals surface area contributed by atoms with Crippen molar-refractivity contribution in [2.24, 2.45) is 0 Å². The molecule has 0 unspecified atom stereocenters. The van der Waals surface area contributed by atoms with Gasteiger partial charge < -0.3 is 14.7 Å². The summed E-state index contributed by atoms with van der Waals surface area (Å²) in [6, 6.07) is 6.16. The van der Waals surface area contributed by atoms with Crippen molar-refractivity contribution in [3.63, 3.8) is 0 Å². The van der Waals surface area contributed by atoms with Crippen LogP contribution in [0.5, 0.6) is 0 Å². The third-order valence-electron chi connectivity index (χ3n) is 3.46. The van der Waals surface area contributed by atoms with Crippen molar-refractivity contribution in [3.8, 4) is 0 Å². The molecule has 1 saturated heterocycles. The molecule has 112 valence electrons. The van der Waals surface area contributed by atoms with Gasteiger partial charge in [0.1, 0.15) is 5.82 Å². The van der Waals surface area contributed by atoms with Gasteiger partial charge in [-0.3, -0.25) is 4.90 Å². The lowest BCUT2D eigenvalue weighted by Gasteiger charge is -2.35. The maximum absolute atomic E-state index is 13.2. The summed E-state index contributed by atoms with van der Waals surface area (Å²) >= 11 is 0. The molecule has 1 aliphatic rings. The first-order valence-electron chi connectivity index (χ1n) is 6.97. The summed E-state index contributed by atoms with van der Waals surface area (Å²) in [5, 5.41) is 10.2. The number of ether oxygens (including phenoxy) is 1. The van der Waals surface area contributed by atoms with Gasteiger partial charge in [-0.05, 0) is 31.8 Å². The Balaban J connectivity index is 1.89. The second-order valence-electron chi connectivity index (χ2n) is 5.59. The highest BCUT2D eigenvalue weighted by Crippen LogP contribution is 2.17. The van der Waals surface area contributed by atoms with Gasteiger partial charge in [-0.25, -0.2) is 4.39 Å². The van der Waals surface area contributed by atoms with E-state index in [1.807, 2.05) is 14.1 Å². The minimum Gasteiger partial charge on any atom is -0.387 e. The molecule has 2 atom stereocenters. The summed E-state index contributed by atoms with van der Waals surface area (Å²) in [6.07, 6.45) is -0.498. The second-order valence-corrected chi connectivity index (χ2v) is 5.59. The molecule has 0 radical (unpaired) electrons. The molecule has 1 fully saturated rings. The first kappa shape index (κ1) is 15.4. The van der Waals surface area contributed by atoms with Crippen molar-refractivity contribution in [2.75, 3.05) is 46.9 Å². The van der Waals surface area contributed by atoms with Gasteiger partial charge in [0.25, 0.3) is 0 Å². The lowest BCUT2D eigenvalue weighted by Crippen LogP contribution is -2.47. The molecule has 0 aromatic heterocycles. The third kappa shape index (κ3) is 4.52. The van der Waals surface area contributed by atoms with Crippen LogP contribution in [-0.4, -0.2) is 67.9 Å². The molecule has 4 nitrogen and oxygen atoms in total. The third-order valence-corrected chi connectivity index (χ3v) is 3.46. The van der Waals surface area contributed by atoms with Gasteiger partial charge in [-0.15, -0.1) is 0 Å². The number of hydrogen-bond donors (Lipinski definition) is 1. The van der Waals surface area contributed by atoms with Crippen LogP contribution in [0.15, 0.2) is 24.3 Å². The van der Waals surface area contributed by atoms with E-state index in [4.69, 9.17) is 4.74 Å². The zero-order valence-corrected chi connectivity index (χ0v) is 12.1. The Bertz CT molecular complexity index is 428. The number of likely N-dealkylation sites (N-methyl/N-ethyl adjacent to an activating group) is 1. The highest BCUT2D eigenvalue weighted by molar-refractivity contribution is 5.19. The number of aliphatic hydroxyl groups is 1. The van der Waals surface area contributed by atoms with Crippen LogP contribution in [0.4, 0.5) is 4.39 Å². The van der Waals surface area contributed by atoms with E-state index in [-0.39, 0.29) is 11.9 Å². The summed E-state index contributed by atoms with van der Waals surface area (Å²) in [5.74, 6) is -0.311. The van der Waals surface area contributed by atoms with E-state index in [1.54, 1.807) is 12.1 Å². The van der Waals surface area contributed by atoms with Crippen LogP contribution in [0.3, 0.4) is 0 Å². The van der Waals surface area contributed by atoms with Crippen molar-refractivity contribution in [3.05, 3.63) is 35.6 Å². The minimum atomic E-state index is -0.663. The topological polar surface area (TPSA) is 35.9 Å². The van der Waals surface area contributed by atoms with Crippen molar-refractivity contribution >= 4 is 0 Å². The lowest BCUT2D eigenvalue weighted by atomic mass is 10.1. The predicted molar refractivity (Wildman–Crippen MR) is 76.1 cm³/mol. The van der Waals surface area contributed by atoms with E-state index >= 15 is 0 Å². The molecule has 0 bridgehead atoms. The molecule has 0 aliphatic carbocycles. The number of benzene rings is 1. The van der Waals surface area contributed by atoms with Crippen molar-refractivity contribution in [2.45, 2.75) is 12.2 Å². The molecule has 1 aromatic carbocycles. The number of halogens is 1. The van der Waals surface area contributed by atoms with E-state index in [0.29, 0.717) is 18.7 Å². The Morgan fingerprint density at radius 3 is 3.00 bits per heavy atom. The number of aliphatic hydroxyl groups excluding tert-OH is 1. The average Bonchev–Trinajstić information content (AvgIpc) is 2.38. The molecule has 1 heterocycles. The normalized spacial score (nSPS) is 22.1. The summed E-state index contributed by atoms with van der Waals surface area (Å²) in [7, 11) is 4.04. The molecular weight excluding hydrogens is 259 g/mol. The number of morpholine rings is 1. The number of β-amino-alcohol motifs (C(OH)–C–C–N with tert-alkyl or cyclic N) is 1. The molecule has 1 N–H and O–H groups in total. The lowest BCUT2D eigenvalue weighted by molar-refractivity contribution is -0.0489. The highest BCUT2D eigenvalue weighted by atomic mass is 19.1. The summed E-state index contributed by atoms with van der Waals surface area (Å²) in [5.41, 5.74) is 0.626. The van der Waals surface area contributed by atoms with Gasteiger partial charge in [-0.1, -0.05) is 12.1 Å². The maximum Gasteiger partial charge on any atom is 0.123 e. The molecule has 0 spiro atoms. The smallest absolute Gasteiger partial charge is 0.123 e. The highest BCUT2D eigenvalue weighted by Gasteiger charge is 2.23. The van der Waals surface area contributed by atoms with Gasteiger partial charge in [0.05, 0.1) is 18.8 Å². The quantitative estimate of drug-likeness (QED) is 0.878. The largest absolute Gasteiger partial charge is 0.387 e. The zero-order chi connectivity index (χ0) is 14.5. The summed E-state index contributed by atoms with van der Waals surface area (Å²) in [6.45, 7) is 3.65. The standard InChI is InChI=1S/C15H23FN2O2/c1-17(2)9-14-10-18(6-7-20-14)11-15(19)12-4-3-5-13(16)8-12/h3-5,8,14-15,19H,6-7,9-11H2,1-2H3/t14-,15+/m0/s1. The van der Waals surface area contributed by atoms with Gasteiger partial charge in [0, 0.05) is 26.2 Å². The molecular formula is C15H23FN2O2. The number of hydrogen-bond acceptors (Lipinski definition) is 4. The monoisotopic (exact) mass is 282 g/mol. The Hall–Kier alpha value is -1.01. The average molecular weight is 282 g/mol. The van der Waals surface area contributed by atoms with Crippen LogP contribution >= 0.6 is 0 Å². The van der Waals surface area contributed by atoms with E-state index in [2.05, 4.69) is 9.80 Å². The van der Waals surface area contributed by atoms with E-state index < -0.39 is 6.10 Å². The molecule has 1 aromatic rings. The second kappa shape index (κ2) is 7.13. The fourth-order valence-electron chi connectivity index (χ4n) is 2.53. The molecule has 5 heteroatoms. The molecule has 2 rings (SSSR count). The summed E-state index contributed by atoms with van der Waals surface area (Å²) in [4.78, 5) is 4.27. The van der Waals surface area contributed by atoms with Gasteiger partial charge in [-0.2, -0.15) is 0 Å². The van der Waals surface area contributed by atoms with E-state index in [1.165, 1.54) is 12.1 Å². The predicted octanol–water partition coefficient (Wildman–Crippen LogP) is 1.12. The first-order chi connectivity index (χ1) is 9.54. The first-order valence-corrected chi connectivity index (χ1v) is 6.97. The van der Waals surface area contributed by atoms with Gasteiger partial charge in [0.2, 0.25) is 0 Å². The van der Waals surface area contributed by atoms with Crippen LogP contribution in [0, 0.1) is 5.82 Å².